The minimum atomic E-state index is -3.95. The normalized spacial score (nSPS) is 23.6. The molecule has 2 N–H and O–H groups in total. The summed E-state index contributed by atoms with van der Waals surface area (Å²) in [4.78, 5) is 56.4. The van der Waals surface area contributed by atoms with Gasteiger partial charge in [0.25, 0.3) is 5.91 Å². The highest BCUT2D eigenvalue weighted by Gasteiger charge is 2.63. The summed E-state index contributed by atoms with van der Waals surface area (Å²) in [6, 6.07) is 14.1. The molecule has 1 aliphatic heterocycles. The number of hydrogen-bond acceptors (Lipinski definition) is 7. The lowest BCUT2D eigenvalue weighted by atomic mass is 9.49. The van der Waals surface area contributed by atoms with Crippen molar-refractivity contribution in [3.05, 3.63) is 97.5 Å². The Hall–Kier alpha value is -3.44. The predicted molar refractivity (Wildman–Crippen MR) is 194 cm³/mol. The van der Waals surface area contributed by atoms with E-state index in [1.54, 1.807) is 68.4 Å². The van der Waals surface area contributed by atoms with Gasteiger partial charge in [0.15, 0.2) is 11.4 Å². The molecule has 0 aromatic heterocycles. The second-order valence-electron chi connectivity index (χ2n) is 13.3. The number of Topliss-reactive ketones (excluding diaryl/α,β-unsaturated/α-hetero) is 2. The van der Waals surface area contributed by atoms with Gasteiger partial charge < -0.3 is 10.1 Å². The minimum Gasteiger partial charge on any atom is -0.477 e. The van der Waals surface area contributed by atoms with Crippen molar-refractivity contribution < 1.29 is 32.3 Å². The highest BCUT2D eigenvalue weighted by Crippen LogP contribution is 2.61. The molecule has 5 unspecified atom stereocenters. The van der Waals surface area contributed by atoms with Crippen LogP contribution in [0, 0.1) is 12.8 Å². The number of carbonyl (C=O) groups is 4. The second-order valence-corrected chi connectivity index (χ2v) is 16.3. The molecule has 5 atom stereocenters. The van der Waals surface area contributed by atoms with Crippen molar-refractivity contribution in [1.29, 1.82) is 0 Å². The number of ether oxygens (including phenoxy) is 1. The smallest absolute Gasteiger partial charge is 0.277 e. The average Bonchev–Trinajstić information content (AvgIpc) is 3.03. The van der Waals surface area contributed by atoms with Crippen LogP contribution in [0.1, 0.15) is 92.7 Å². The van der Waals surface area contributed by atoms with Gasteiger partial charge in [0.05, 0.1) is 23.6 Å². The lowest BCUT2D eigenvalue weighted by molar-refractivity contribution is -0.142. The number of fused-ring (bicyclic) bond motifs is 2. The van der Waals surface area contributed by atoms with Crippen LogP contribution in [0.3, 0.4) is 0 Å². The largest absolute Gasteiger partial charge is 0.477 e. The van der Waals surface area contributed by atoms with Crippen LogP contribution in [0.2, 0.25) is 15.1 Å². The number of ketones is 2. The molecule has 2 amide bonds. The number of nitrogens with one attached hydrogen (secondary N) is 2. The number of rotatable bonds is 9. The molecule has 13 heteroatoms. The Morgan fingerprint density at radius 2 is 1.50 bits per heavy atom. The molecule has 0 saturated carbocycles. The second kappa shape index (κ2) is 13.9. The van der Waals surface area contributed by atoms with Crippen molar-refractivity contribution in [2.75, 3.05) is 6.26 Å². The molecule has 5 rings (SSSR count). The van der Waals surface area contributed by atoms with Gasteiger partial charge in [-0.15, -0.1) is 0 Å². The third kappa shape index (κ3) is 6.56. The van der Waals surface area contributed by atoms with Gasteiger partial charge in [-0.1, -0.05) is 67.7 Å². The summed E-state index contributed by atoms with van der Waals surface area (Å²) in [6.07, 6.45) is 0.817. The summed E-state index contributed by atoms with van der Waals surface area (Å²) >= 11 is 19.8. The molecule has 0 bridgehead atoms. The molecule has 3 aromatic rings. The Labute approximate surface area is 307 Å². The maximum atomic E-state index is 15.5. The van der Waals surface area contributed by atoms with Gasteiger partial charge in [-0.2, -0.15) is 0 Å². The van der Waals surface area contributed by atoms with Crippen LogP contribution in [-0.2, 0) is 34.6 Å². The first-order valence-electron chi connectivity index (χ1n) is 16.3. The zero-order valence-electron chi connectivity index (χ0n) is 28.5. The standard InChI is InChI=1S/C37H39Cl3N2O7S/c1-7-36(8-2,35(46)42-50(6,47)48)49-30-14-12-24(40)17-27(30)29-18-31(44)41-33(25-15-22(38)10-9-19(25)3)37(29)28-13-11-23(39)16-26(28)20(4)32(21(5)43)34(37)45/h9-17,20,29,32-33H,7-8,18H2,1-6H3,(H,41,44)(H,42,46). The van der Waals surface area contributed by atoms with E-state index in [0.29, 0.717) is 32.3 Å². The van der Waals surface area contributed by atoms with Gasteiger partial charge >= 0.3 is 0 Å². The first-order valence-corrected chi connectivity index (χ1v) is 19.3. The van der Waals surface area contributed by atoms with Crippen LogP contribution >= 0.6 is 34.8 Å². The summed E-state index contributed by atoms with van der Waals surface area (Å²) in [5.74, 6) is -4.52. The van der Waals surface area contributed by atoms with E-state index in [1.807, 2.05) is 18.6 Å². The van der Waals surface area contributed by atoms with Crippen molar-refractivity contribution >= 4 is 68.2 Å². The Bertz CT molecular complexity index is 2010. The van der Waals surface area contributed by atoms with E-state index < -0.39 is 56.5 Å². The number of carbonyl (C=O) groups excluding carboxylic acids is 4. The Morgan fingerprint density at radius 1 is 0.940 bits per heavy atom. The molecule has 1 saturated heterocycles. The molecule has 9 nitrogen and oxygen atoms in total. The summed E-state index contributed by atoms with van der Waals surface area (Å²) in [7, 11) is -3.95. The summed E-state index contributed by atoms with van der Waals surface area (Å²) in [5, 5.41) is 4.16. The number of amides is 2. The third-order valence-corrected chi connectivity index (χ3v) is 11.6. The van der Waals surface area contributed by atoms with Crippen LogP contribution in [0.15, 0.2) is 54.6 Å². The van der Waals surface area contributed by atoms with Crippen LogP contribution in [0.4, 0.5) is 0 Å². The number of benzene rings is 3. The fourth-order valence-corrected chi connectivity index (χ4v) is 8.94. The number of piperidine rings is 1. The zero-order chi connectivity index (χ0) is 36.9. The predicted octanol–water partition coefficient (Wildman–Crippen LogP) is 7.14. The molecule has 50 heavy (non-hydrogen) atoms. The molecule has 1 heterocycles. The number of halogens is 3. The number of hydrogen-bond donors (Lipinski definition) is 2. The third-order valence-electron chi connectivity index (χ3n) is 10.3. The Kier molecular flexibility index (Phi) is 10.5. The summed E-state index contributed by atoms with van der Waals surface area (Å²) < 4.78 is 32.9. The first-order chi connectivity index (χ1) is 23.4. The number of sulfonamides is 1. The van der Waals surface area contributed by atoms with Gasteiger partial charge in [-0.3, -0.25) is 19.2 Å². The van der Waals surface area contributed by atoms with Crippen LogP contribution in [-0.4, -0.2) is 43.7 Å². The minimum absolute atomic E-state index is 0.0811. The summed E-state index contributed by atoms with van der Waals surface area (Å²) in [5.41, 5.74) is -0.378. The van der Waals surface area contributed by atoms with Gasteiger partial charge in [-0.25, -0.2) is 13.1 Å². The van der Waals surface area contributed by atoms with Crippen LogP contribution < -0.4 is 14.8 Å². The van der Waals surface area contributed by atoms with Crippen molar-refractivity contribution in [1.82, 2.24) is 10.0 Å². The highest BCUT2D eigenvalue weighted by molar-refractivity contribution is 7.89. The maximum Gasteiger partial charge on any atom is 0.277 e. The van der Waals surface area contributed by atoms with Crippen molar-refractivity contribution in [3.63, 3.8) is 0 Å². The Balaban J connectivity index is 1.89. The van der Waals surface area contributed by atoms with Crippen molar-refractivity contribution in [3.8, 4) is 5.75 Å². The van der Waals surface area contributed by atoms with Gasteiger partial charge in [0.1, 0.15) is 11.5 Å². The van der Waals surface area contributed by atoms with Crippen LogP contribution in [0.5, 0.6) is 5.75 Å². The molecule has 1 aliphatic carbocycles. The quantitative estimate of drug-likeness (QED) is 0.221. The fourth-order valence-electron chi connectivity index (χ4n) is 7.88. The maximum absolute atomic E-state index is 15.5. The Morgan fingerprint density at radius 3 is 2.08 bits per heavy atom. The van der Waals surface area contributed by atoms with E-state index in [1.165, 1.54) is 6.92 Å². The van der Waals surface area contributed by atoms with Crippen LogP contribution in [0.25, 0.3) is 0 Å². The average molecular weight is 762 g/mol. The molecule has 2 aliphatic rings. The van der Waals surface area contributed by atoms with Gasteiger partial charge in [0.2, 0.25) is 15.9 Å². The van der Waals surface area contributed by atoms with Gasteiger partial charge in [-0.05, 0) is 97.3 Å². The van der Waals surface area contributed by atoms with Crippen molar-refractivity contribution in [2.24, 2.45) is 5.92 Å². The van der Waals surface area contributed by atoms with Gasteiger partial charge in [0, 0.05) is 33.0 Å². The molecule has 3 aromatic carbocycles. The van der Waals surface area contributed by atoms with E-state index in [4.69, 9.17) is 39.5 Å². The van der Waals surface area contributed by atoms with E-state index >= 15 is 4.79 Å². The molecule has 0 radical (unpaired) electrons. The van der Waals surface area contributed by atoms with E-state index in [9.17, 15) is 22.8 Å². The molecular weight excluding hydrogens is 723 g/mol. The topological polar surface area (TPSA) is 136 Å². The van der Waals surface area contributed by atoms with Crippen molar-refractivity contribution in [2.45, 2.75) is 82.8 Å². The number of aryl methyl sites for hydroxylation is 1. The van der Waals surface area contributed by atoms with E-state index in [-0.39, 0.29) is 41.7 Å². The molecule has 1 fully saturated rings. The first kappa shape index (κ1) is 37.8. The lowest BCUT2D eigenvalue weighted by Crippen LogP contribution is -2.62. The molecule has 266 valence electrons. The summed E-state index contributed by atoms with van der Waals surface area (Å²) in [6.45, 7) is 8.42. The van der Waals surface area contributed by atoms with E-state index in [0.717, 1.165) is 11.8 Å². The molecular formula is C37H39Cl3N2O7S. The molecule has 1 spiro atoms. The SMILES string of the molecule is CCC(CC)(Oc1ccc(Cl)cc1C1CC(=O)NC(c2cc(Cl)ccc2C)C12C(=O)C(C(C)=O)C(C)c1cc(Cl)ccc12)C(=O)NS(C)(=O)=O. The highest BCUT2D eigenvalue weighted by atomic mass is 35.5. The zero-order valence-corrected chi connectivity index (χ0v) is 31.6. The van der Waals surface area contributed by atoms with E-state index in [2.05, 4.69) is 5.32 Å². The fraction of sp³-hybridized carbons (Fsp3) is 0.405. The monoisotopic (exact) mass is 760 g/mol. The lowest BCUT2D eigenvalue weighted by Gasteiger charge is -2.54.